The molecule has 0 spiro atoms. The second kappa shape index (κ2) is 38.2. The van der Waals surface area contributed by atoms with Crippen molar-refractivity contribution in [3.05, 3.63) is 48.6 Å². The van der Waals surface area contributed by atoms with Crippen molar-refractivity contribution < 1.29 is 38.2 Å². The third-order valence-electron chi connectivity index (χ3n) is 9.76. The summed E-state index contributed by atoms with van der Waals surface area (Å²) in [6.07, 6.45) is 44.2. The molecule has 0 aromatic heterocycles. The summed E-state index contributed by atoms with van der Waals surface area (Å²) in [7, 11) is 5.39. The van der Waals surface area contributed by atoms with Crippen LogP contribution < -0.4 is 5.11 Å². The summed E-state index contributed by atoms with van der Waals surface area (Å²) in [4.78, 5) is 36.8. The van der Waals surface area contributed by atoms with Crippen molar-refractivity contribution in [2.45, 2.75) is 193 Å². The van der Waals surface area contributed by atoms with E-state index in [-0.39, 0.29) is 42.7 Å². The van der Waals surface area contributed by atoms with Crippen LogP contribution in [-0.2, 0) is 28.6 Å². The number of carboxylic acid groups (broad SMARTS) is 1. The van der Waals surface area contributed by atoms with Crippen molar-refractivity contribution in [1.82, 2.24) is 0 Å². The number of nitrogens with zero attached hydrogens (tertiary/aromatic N) is 1. The van der Waals surface area contributed by atoms with Gasteiger partial charge in [-0.1, -0.05) is 152 Å². The molecule has 0 aliphatic rings. The second-order valence-corrected chi connectivity index (χ2v) is 16.0. The number of hydrogen-bond acceptors (Lipinski definition) is 7. The van der Waals surface area contributed by atoms with E-state index in [2.05, 4.69) is 50.3 Å². The first kappa shape index (κ1) is 52.3. The highest BCUT2D eigenvalue weighted by atomic mass is 16.6. The fraction of sp³-hybridized carbons (Fsp3) is 0.766. The molecule has 0 N–H and O–H groups in total. The molecular formula is C47H83NO7. The SMILES string of the molecule is CC/C=C/C=C/C=C/CCCCCCCC(=O)OC(COCCC(C(=O)[O-])[N+](C)(C)C)COC(=O)CCCCCCC/C=C/CCCCCCCCCCC. The normalized spacial score (nSPS) is 13.4. The van der Waals surface area contributed by atoms with Crippen LogP contribution in [0.3, 0.4) is 0 Å². The Bertz CT molecular complexity index is 1040. The first-order valence-electron chi connectivity index (χ1n) is 22.2. The molecule has 0 saturated heterocycles. The topological polar surface area (TPSA) is 102 Å². The zero-order chi connectivity index (χ0) is 40.7. The fourth-order valence-corrected chi connectivity index (χ4v) is 6.30. The number of carbonyl (C=O) groups is 3. The van der Waals surface area contributed by atoms with E-state index in [0.717, 1.165) is 77.0 Å². The number of allylic oxidation sites excluding steroid dienone is 8. The highest BCUT2D eigenvalue weighted by Gasteiger charge is 2.25. The summed E-state index contributed by atoms with van der Waals surface area (Å²) >= 11 is 0. The first-order valence-corrected chi connectivity index (χ1v) is 22.2. The van der Waals surface area contributed by atoms with Gasteiger partial charge in [-0.15, -0.1) is 0 Å². The Balaban J connectivity index is 4.35. The van der Waals surface area contributed by atoms with Gasteiger partial charge in [0, 0.05) is 19.3 Å². The summed E-state index contributed by atoms with van der Waals surface area (Å²) in [6, 6.07) is -0.731. The van der Waals surface area contributed by atoms with Crippen molar-refractivity contribution in [3.8, 4) is 0 Å². The van der Waals surface area contributed by atoms with E-state index >= 15 is 0 Å². The Morgan fingerprint density at radius 2 is 1.04 bits per heavy atom. The number of esters is 2. The first-order chi connectivity index (χ1) is 26.6. The lowest BCUT2D eigenvalue weighted by atomic mass is 10.1. The van der Waals surface area contributed by atoms with Gasteiger partial charge in [0.15, 0.2) is 6.10 Å². The van der Waals surface area contributed by atoms with Gasteiger partial charge in [0.05, 0.1) is 40.3 Å². The molecule has 2 unspecified atom stereocenters. The van der Waals surface area contributed by atoms with Gasteiger partial charge < -0.3 is 28.6 Å². The van der Waals surface area contributed by atoms with E-state index in [1.807, 2.05) is 12.2 Å². The molecule has 2 atom stereocenters. The summed E-state index contributed by atoms with van der Waals surface area (Å²) in [5.74, 6) is -1.77. The number of aliphatic carboxylic acids is 1. The molecule has 0 aromatic rings. The molecular weight excluding hydrogens is 691 g/mol. The zero-order valence-electron chi connectivity index (χ0n) is 36.1. The van der Waals surface area contributed by atoms with E-state index in [1.165, 1.54) is 70.6 Å². The van der Waals surface area contributed by atoms with Gasteiger partial charge in [-0.3, -0.25) is 9.59 Å². The third-order valence-corrected chi connectivity index (χ3v) is 9.76. The average molecular weight is 774 g/mol. The molecule has 0 rings (SSSR count). The molecule has 0 saturated carbocycles. The predicted octanol–water partition coefficient (Wildman–Crippen LogP) is 10.7. The van der Waals surface area contributed by atoms with Gasteiger partial charge in [0.25, 0.3) is 0 Å². The van der Waals surface area contributed by atoms with E-state index in [4.69, 9.17) is 14.2 Å². The smallest absolute Gasteiger partial charge is 0.306 e. The number of hydrogen-bond donors (Lipinski definition) is 0. The van der Waals surface area contributed by atoms with Crippen molar-refractivity contribution >= 4 is 17.9 Å². The van der Waals surface area contributed by atoms with Crippen LogP contribution in [0, 0.1) is 0 Å². The van der Waals surface area contributed by atoms with Gasteiger partial charge in [0.1, 0.15) is 12.6 Å². The highest BCUT2D eigenvalue weighted by Crippen LogP contribution is 2.14. The maximum absolute atomic E-state index is 12.7. The molecule has 8 nitrogen and oxygen atoms in total. The van der Waals surface area contributed by atoms with E-state index < -0.39 is 18.1 Å². The van der Waals surface area contributed by atoms with E-state index in [1.54, 1.807) is 21.1 Å². The quantitative estimate of drug-likeness (QED) is 0.0201. The number of ether oxygens (including phenoxy) is 3. The molecule has 0 radical (unpaired) electrons. The molecule has 0 fully saturated rings. The lowest BCUT2D eigenvalue weighted by Gasteiger charge is -2.34. The molecule has 0 heterocycles. The molecule has 318 valence electrons. The van der Waals surface area contributed by atoms with Crippen molar-refractivity contribution in [3.63, 3.8) is 0 Å². The van der Waals surface area contributed by atoms with Crippen molar-refractivity contribution in [2.75, 3.05) is 41.0 Å². The van der Waals surface area contributed by atoms with Crippen LogP contribution in [0.2, 0.25) is 0 Å². The number of unbranched alkanes of at least 4 members (excludes halogenated alkanes) is 19. The van der Waals surface area contributed by atoms with E-state index in [0.29, 0.717) is 12.8 Å². The van der Waals surface area contributed by atoms with Gasteiger partial charge >= 0.3 is 11.9 Å². The Hall–Kier alpha value is -2.71. The number of carboxylic acids is 1. The standard InChI is InChI=1S/C47H83NO7/c1-6-8-10-12-14-16-18-20-21-22-23-24-26-27-29-31-33-35-37-45(49)54-42-43(41-53-40-39-44(47(51)52)48(3,4)5)55-46(50)38-36-34-32-30-28-25-19-17-15-13-11-9-7-2/h9,11,13,15,17,19,23-24,43-44H,6-8,10,12,14,16,18,20-22,25-42H2,1-5H3/b11-9+,15-13+,19-17+,24-23+. The van der Waals surface area contributed by atoms with Crippen LogP contribution in [0.1, 0.15) is 181 Å². The van der Waals surface area contributed by atoms with Crippen LogP contribution in [-0.4, -0.2) is 75.5 Å². The minimum atomic E-state index is -1.13. The largest absolute Gasteiger partial charge is 0.544 e. The van der Waals surface area contributed by atoms with Gasteiger partial charge in [0.2, 0.25) is 0 Å². The van der Waals surface area contributed by atoms with Crippen LogP contribution in [0.15, 0.2) is 48.6 Å². The molecule has 0 aliphatic heterocycles. The summed E-state index contributed by atoms with van der Waals surface area (Å²) < 4.78 is 17.1. The minimum Gasteiger partial charge on any atom is -0.544 e. The average Bonchev–Trinajstić information content (AvgIpc) is 3.14. The van der Waals surface area contributed by atoms with Crippen molar-refractivity contribution in [1.29, 1.82) is 0 Å². The van der Waals surface area contributed by atoms with Crippen LogP contribution in [0.25, 0.3) is 0 Å². The van der Waals surface area contributed by atoms with Crippen LogP contribution >= 0.6 is 0 Å². The van der Waals surface area contributed by atoms with Gasteiger partial charge in [-0.2, -0.15) is 0 Å². The number of rotatable bonds is 39. The Labute approximate surface area is 337 Å². The maximum atomic E-state index is 12.7. The Morgan fingerprint density at radius 1 is 0.564 bits per heavy atom. The van der Waals surface area contributed by atoms with E-state index in [9.17, 15) is 19.5 Å². The summed E-state index contributed by atoms with van der Waals surface area (Å²) in [5, 5.41) is 11.6. The lowest BCUT2D eigenvalue weighted by molar-refractivity contribution is -0.889. The summed E-state index contributed by atoms with van der Waals surface area (Å²) in [5.41, 5.74) is 0. The molecule has 0 aliphatic carbocycles. The number of likely N-dealkylation sites (N-methyl/N-ethyl adjacent to an activating group) is 1. The fourth-order valence-electron chi connectivity index (χ4n) is 6.30. The number of quaternary nitrogens is 1. The molecule has 0 bridgehead atoms. The van der Waals surface area contributed by atoms with Gasteiger partial charge in [-0.05, 0) is 57.8 Å². The highest BCUT2D eigenvalue weighted by molar-refractivity contribution is 5.70. The molecule has 0 amide bonds. The third kappa shape index (κ3) is 36.7. The maximum Gasteiger partial charge on any atom is 0.306 e. The predicted molar refractivity (Wildman–Crippen MR) is 226 cm³/mol. The molecule has 8 heteroatoms. The van der Waals surface area contributed by atoms with Gasteiger partial charge in [-0.25, -0.2) is 0 Å². The summed E-state index contributed by atoms with van der Waals surface area (Å²) in [6.45, 7) is 4.50. The van der Waals surface area contributed by atoms with Crippen LogP contribution in [0.4, 0.5) is 0 Å². The molecule has 0 aromatic carbocycles. The lowest BCUT2D eigenvalue weighted by Crippen LogP contribution is -2.55. The molecule has 55 heavy (non-hydrogen) atoms. The van der Waals surface area contributed by atoms with Crippen molar-refractivity contribution in [2.24, 2.45) is 0 Å². The second-order valence-electron chi connectivity index (χ2n) is 16.0. The minimum absolute atomic E-state index is 0.0289. The zero-order valence-corrected chi connectivity index (χ0v) is 36.1. The number of carbonyl (C=O) groups excluding carboxylic acids is 3. The monoisotopic (exact) mass is 774 g/mol. The Morgan fingerprint density at radius 3 is 1.55 bits per heavy atom. The van der Waals surface area contributed by atoms with Crippen LogP contribution in [0.5, 0.6) is 0 Å². The Kier molecular flexibility index (Phi) is 36.3.